The van der Waals surface area contributed by atoms with Gasteiger partial charge in [0.05, 0.1) is 13.1 Å². The maximum Gasteiger partial charge on any atom is 0.410 e. The van der Waals surface area contributed by atoms with Gasteiger partial charge in [-0.25, -0.2) is 4.79 Å². The summed E-state index contributed by atoms with van der Waals surface area (Å²) in [7, 11) is 0. The lowest BCUT2D eigenvalue weighted by atomic mass is 10.1. The summed E-state index contributed by atoms with van der Waals surface area (Å²) >= 11 is 0. The Hall–Kier alpha value is -1.91. The van der Waals surface area contributed by atoms with Gasteiger partial charge >= 0.3 is 6.09 Å². The minimum absolute atomic E-state index is 0.365. The van der Waals surface area contributed by atoms with Gasteiger partial charge < -0.3 is 4.74 Å². The Morgan fingerprint density at radius 1 is 1.39 bits per heavy atom. The Morgan fingerprint density at radius 3 is 2.72 bits per heavy atom. The number of fused-ring (bicyclic) bond motifs is 1. The van der Waals surface area contributed by atoms with E-state index in [0.717, 1.165) is 17.4 Å². The Labute approximate surface area is 106 Å². The van der Waals surface area contributed by atoms with Gasteiger partial charge in [-0.1, -0.05) is 0 Å². The second-order valence-electron chi connectivity index (χ2n) is 5.32. The minimum Gasteiger partial charge on any atom is -0.444 e. The smallest absolute Gasteiger partial charge is 0.410 e. The average Bonchev–Trinajstić information content (AvgIpc) is 2.70. The molecule has 1 aromatic rings. The first kappa shape index (κ1) is 12.5. The topological polar surface area (TPSA) is 59.5 Å². The molecule has 0 atom stereocenters. The predicted molar refractivity (Wildman–Crippen MR) is 65.1 cm³/mol. The van der Waals surface area contributed by atoms with E-state index in [-0.39, 0.29) is 6.09 Å². The van der Waals surface area contributed by atoms with E-state index in [2.05, 4.69) is 4.98 Å². The summed E-state index contributed by atoms with van der Waals surface area (Å²) in [5.74, 6) is 0. The molecule has 96 valence electrons. The molecule has 0 radical (unpaired) electrons. The molecule has 2 heterocycles. The molecule has 1 aliphatic rings. The highest BCUT2D eigenvalue weighted by Gasteiger charge is 2.29. The second-order valence-corrected chi connectivity index (χ2v) is 5.32. The van der Waals surface area contributed by atoms with Crippen molar-refractivity contribution < 1.29 is 14.3 Å². The monoisotopic (exact) mass is 248 g/mol. The van der Waals surface area contributed by atoms with E-state index in [0.29, 0.717) is 18.7 Å². The van der Waals surface area contributed by atoms with Crippen molar-refractivity contribution in [3.8, 4) is 0 Å². The molecule has 1 aliphatic heterocycles. The van der Waals surface area contributed by atoms with Gasteiger partial charge in [0.25, 0.3) is 0 Å². The molecule has 0 spiro atoms. The van der Waals surface area contributed by atoms with Gasteiger partial charge in [0.2, 0.25) is 0 Å². The molecular formula is C13H16N2O3. The van der Waals surface area contributed by atoms with Gasteiger partial charge in [0.15, 0.2) is 6.29 Å². The minimum atomic E-state index is -0.516. The average molecular weight is 248 g/mol. The van der Waals surface area contributed by atoms with E-state index in [1.54, 1.807) is 11.1 Å². The number of aldehydes is 1. The number of ether oxygens (including phenoxy) is 1. The Morgan fingerprint density at radius 2 is 2.11 bits per heavy atom. The molecule has 0 unspecified atom stereocenters. The highest BCUT2D eigenvalue weighted by molar-refractivity contribution is 5.78. The summed E-state index contributed by atoms with van der Waals surface area (Å²) in [4.78, 5) is 28.4. The first-order valence-electron chi connectivity index (χ1n) is 5.79. The molecule has 5 heteroatoms. The zero-order chi connectivity index (χ0) is 13.3. The van der Waals surface area contributed by atoms with Crippen molar-refractivity contribution in [3.05, 3.63) is 29.1 Å². The highest BCUT2D eigenvalue weighted by Crippen LogP contribution is 2.25. The van der Waals surface area contributed by atoms with Crippen LogP contribution in [0.15, 0.2) is 12.4 Å². The van der Waals surface area contributed by atoms with Crippen LogP contribution in [0.3, 0.4) is 0 Å². The number of pyridine rings is 1. The third-order valence-electron chi connectivity index (χ3n) is 2.67. The molecule has 1 amide bonds. The zero-order valence-electron chi connectivity index (χ0n) is 10.8. The summed E-state index contributed by atoms with van der Waals surface area (Å²) in [5.41, 5.74) is 1.80. The third-order valence-corrected chi connectivity index (χ3v) is 2.67. The number of hydrogen-bond acceptors (Lipinski definition) is 4. The van der Waals surface area contributed by atoms with Crippen molar-refractivity contribution >= 4 is 12.4 Å². The SMILES string of the molecule is CC(C)(C)OC(=O)N1Cc2cncc(C=O)c2C1. The number of amides is 1. The molecule has 2 rings (SSSR count). The van der Waals surface area contributed by atoms with Crippen LogP contribution >= 0.6 is 0 Å². The summed E-state index contributed by atoms with van der Waals surface area (Å²) in [5, 5.41) is 0. The van der Waals surface area contributed by atoms with Gasteiger partial charge in [-0.15, -0.1) is 0 Å². The van der Waals surface area contributed by atoms with Crippen molar-refractivity contribution in [2.45, 2.75) is 39.5 Å². The van der Waals surface area contributed by atoms with Crippen molar-refractivity contribution in [2.24, 2.45) is 0 Å². The van der Waals surface area contributed by atoms with E-state index < -0.39 is 5.60 Å². The van der Waals surface area contributed by atoms with Gasteiger partial charge in [-0.05, 0) is 31.9 Å². The first-order chi connectivity index (χ1) is 8.40. The van der Waals surface area contributed by atoms with Crippen molar-refractivity contribution in [1.29, 1.82) is 0 Å². The van der Waals surface area contributed by atoms with Crippen LogP contribution in [0.1, 0.15) is 42.3 Å². The second kappa shape index (κ2) is 4.40. The first-order valence-corrected chi connectivity index (χ1v) is 5.79. The third kappa shape index (κ3) is 2.50. The quantitative estimate of drug-likeness (QED) is 0.714. The van der Waals surface area contributed by atoms with Crippen LogP contribution in [-0.2, 0) is 17.8 Å². The molecule has 0 fully saturated rings. The van der Waals surface area contributed by atoms with Crippen LogP contribution in [0.2, 0.25) is 0 Å². The van der Waals surface area contributed by atoms with Gasteiger partial charge in [0.1, 0.15) is 5.60 Å². The number of carbonyl (C=O) groups is 2. The summed E-state index contributed by atoms with van der Waals surface area (Å²) < 4.78 is 5.30. The number of hydrogen-bond donors (Lipinski definition) is 0. The van der Waals surface area contributed by atoms with Crippen LogP contribution in [-0.4, -0.2) is 27.9 Å². The fourth-order valence-electron chi connectivity index (χ4n) is 1.89. The molecule has 0 saturated carbocycles. The summed E-state index contributed by atoms with van der Waals surface area (Å²) in [6.07, 6.45) is 3.61. The fraction of sp³-hybridized carbons (Fsp3) is 0.462. The Kier molecular flexibility index (Phi) is 3.07. The van der Waals surface area contributed by atoms with Crippen molar-refractivity contribution in [1.82, 2.24) is 9.88 Å². The van der Waals surface area contributed by atoms with Crippen LogP contribution in [0.5, 0.6) is 0 Å². The van der Waals surface area contributed by atoms with Crippen LogP contribution in [0.4, 0.5) is 4.79 Å². The lowest BCUT2D eigenvalue weighted by Gasteiger charge is -2.24. The Bertz CT molecular complexity index is 491. The summed E-state index contributed by atoms with van der Waals surface area (Å²) in [6.45, 7) is 6.32. The Balaban J connectivity index is 2.15. The predicted octanol–water partition coefficient (Wildman–Crippen LogP) is 2.14. The highest BCUT2D eigenvalue weighted by atomic mass is 16.6. The maximum absolute atomic E-state index is 11.9. The molecule has 5 nitrogen and oxygen atoms in total. The lowest BCUT2D eigenvalue weighted by molar-refractivity contribution is 0.0241. The normalized spacial score (nSPS) is 14.3. The van der Waals surface area contributed by atoms with Crippen molar-refractivity contribution in [2.75, 3.05) is 0 Å². The molecule has 1 aromatic heterocycles. The van der Waals surface area contributed by atoms with Gasteiger partial charge in [-0.2, -0.15) is 0 Å². The number of carbonyl (C=O) groups excluding carboxylic acids is 2. The summed E-state index contributed by atoms with van der Waals surface area (Å²) in [6, 6.07) is 0. The largest absolute Gasteiger partial charge is 0.444 e. The maximum atomic E-state index is 11.9. The van der Waals surface area contributed by atoms with Crippen molar-refractivity contribution in [3.63, 3.8) is 0 Å². The van der Waals surface area contributed by atoms with E-state index in [1.807, 2.05) is 20.8 Å². The lowest BCUT2D eigenvalue weighted by Crippen LogP contribution is -2.33. The van der Waals surface area contributed by atoms with E-state index in [9.17, 15) is 9.59 Å². The van der Waals surface area contributed by atoms with Gasteiger partial charge in [-0.3, -0.25) is 14.7 Å². The number of nitrogens with zero attached hydrogens (tertiary/aromatic N) is 2. The van der Waals surface area contributed by atoms with Gasteiger partial charge in [0, 0.05) is 18.0 Å². The number of rotatable bonds is 1. The van der Waals surface area contributed by atoms with Crippen LogP contribution in [0, 0.1) is 0 Å². The molecule has 0 N–H and O–H groups in total. The number of aromatic nitrogens is 1. The molecule has 0 saturated heterocycles. The zero-order valence-corrected chi connectivity index (χ0v) is 10.8. The fourth-order valence-corrected chi connectivity index (χ4v) is 1.89. The molecule has 0 aromatic carbocycles. The van der Waals surface area contributed by atoms with E-state index >= 15 is 0 Å². The molecule has 18 heavy (non-hydrogen) atoms. The van der Waals surface area contributed by atoms with E-state index in [4.69, 9.17) is 4.74 Å². The standard InChI is InChI=1S/C13H16N2O3/c1-13(2,3)18-12(17)15-6-9-4-14-5-10(8-16)11(9)7-15/h4-5,8H,6-7H2,1-3H3. The van der Waals surface area contributed by atoms with Crippen LogP contribution < -0.4 is 0 Å². The van der Waals surface area contributed by atoms with E-state index in [1.165, 1.54) is 6.20 Å². The molecule has 0 aliphatic carbocycles. The van der Waals surface area contributed by atoms with Crippen LogP contribution in [0.25, 0.3) is 0 Å². The molecule has 0 bridgehead atoms. The molecular weight excluding hydrogens is 232 g/mol.